The number of fused-ring (bicyclic) bond motifs is 1. The molecule has 0 saturated heterocycles. The van der Waals surface area contributed by atoms with Crippen LogP contribution in [0, 0.1) is 5.82 Å². The number of carbonyl (C=O) groups is 2. The van der Waals surface area contributed by atoms with E-state index in [-0.39, 0.29) is 51.7 Å². The Labute approximate surface area is 229 Å². The molecule has 4 N–H and O–H groups in total. The molecular weight excluding hydrogens is 549 g/mol. The van der Waals surface area contributed by atoms with E-state index in [4.69, 9.17) is 21.8 Å². The van der Waals surface area contributed by atoms with Crippen molar-refractivity contribution in [1.29, 1.82) is 0 Å². The first-order valence-electron chi connectivity index (χ1n) is 11.9. The zero-order valence-corrected chi connectivity index (χ0v) is 22.1. The van der Waals surface area contributed by atoms with Crippen molar-refractivity contribution in [1.82, 2.24) is 5.32 Å². The normalized spacial score (nSPS) is 13.8. The van der Waals surface area contributed by atoms with Gasteiger partial charge in [0, 0.05) is 29.3 Å². The second-order valence-electron chi connectivity index (χ2n) is 9.16. The minimum absolute atomic E-state index is 0.0271. The number of amides is 1. The SMILES string of the molecule is CNC(=O)c1c(-c2ccc(F)cc2)oc2cc(CN(c3cc(Cl)c(N)c(C(=O)O)c3)S(=O)[O-])c(C3CC3)cc12. The van der Waals surface area contributed by atoms with Crippen LogP contribution in [0.5, 0.6) is 0 Å². The van der Waals surface area contributed by atoms with E-state index < -0.39 is 23.1 Å². The third-order valence-corrected chi connectivity index (χ3v) is 7.67. The number of nitrogens with zero attached hydrogens (tertiary/aromatic N) is 1. The topological polar surface area (TPSA) is 149 Å². The molecule has 0 bridgehead atoms. The Balaban J connectivity index is 1.66. The highest BCUT2D eigenvalue weighted by Crippen LogP contribution is 2.45. The predicted molar refractivity (Wildman–Crippen MR) is 145 cm³/mol. The molecule has 0 spiro atoms. The van der Waals surface area contributed by atoms with E-state index in [9.17, 15) is 27.8 Å². The summed E-state index contributed by atoms with van der Waals surface area (Å²) >= 11 is 3.32. The molecule has 1 saturated carbocycles. The predicted octanol–water partition coefficient (Wildman–Crippen LogP) is 5.21. The minimum atomic E-state index is -2.81. The van der Waals surface area contributed by atoms with Crippen LogP contribution < -0.4 is 15.4 Å². The molecule has 1 atom stereocenters. The number of hydrogen-bond donors (Lipinski definition) is 3. The number of nitrogen functional groups attached to an aromatic ring is 1. The van der Waals surface area contributed by atoms with Crippen LogP contribution in [-0.2, 0) is 17.8 Å². The van der Waals surface area contributed by atoms with Gasteiger partial charge in [-0.15, -0.1) is 0 Å². The fourth-order valence-corrected chi connectivity index (χ4v) is 5.31. The van der Waals surface area contributed by atoms with Crippen LogP contribution in [-0.4, -0.2) is 32.8 Å². The second-order valence-corrected chi connectivity index (χ2v) is 10.4. The fraction of sp³-hybridized carbons (Fsp3) is 0.185. The molecule has 202 valence electrons. The number of hydrogen-bond acceptors (Lipinski definition) is 6. The van der Waals surface area contributed by atoms with Crippen molar-refractivity contribution in [3.05, 3.63) is 81.6 Å². The second kappa shape index (κ2) is 10.3. The third kappa shape index (κ3) is 5.08. The van der Waals surface area contributed by atoms with Crippen LogP contribution >= 0.6 is 11.6 Å². The molecule has 1 fully saturated rings. The molecule has 0 aliphatic heterocycles. The highest BCUT2D eigenvalue weighted by Gasteiger charge is 2.30. The number of nitrogens with two attached hydrogens (primary N) is 1. The number of furan rings is 1. The lowest BCUT2D eigenvalue weighted by Gasteiger charge is -2.28. The van der Waals surface area contributed by atoms with Crippen LogP contribution in [0.4, 0.5) is 15.8 Å². The molecule has 1 unspecified atom stereocenters. The highest BCUT2D eigenvalue weighted by atomic mass is 35.5. The molecule has 1 aliphatic rings. The first kappa shape index (κ1) is 26.7. The molecule has 5 rings (SSSR count). The first-order valence-corrected chi connectivity index (χ1v) is 13.3. The summed E-state index contributed by atoms with van der Waals surface area (Å²) in [7, 11) is 1.50. The molecule has 12 heteroatoms. The van der Waals surface area contributed by atoms with E-state index in [1.54, 1.807) is 6.07 Å². The summed E-state index contributed by atoms with van der Waals surface area (Å²) in [6.45, 7) is -0.154. The number of carboxylic acids is 1. The molecule has 1 amide bonds. The number of benzene rings is 3. The van der Waals surface area contributed by atoms with E-state index >= 15 is 0 Å². The Morgan fingerprint density at radius 2 is 1.92 bits per heavy atom. The van der Waals surface area contributed by atoms with E-state index in [0.717, 1.165) is 28.8 Å². The Morgan fingerprint density at radius 1 is 1.23 bits per heavy atom. The smallest absolute Gasteiger partial charge is 0.337 e. The van der Waals surface area contributed by atoms with Crippen molar-refractivity contribution < 1.29 is 32.3 Å². The van der Waals surface area contributed by atoms with Gasteiger partial charge in [0.25, 0.3) is 5.91 Å². The Bertz CT molecular complexity index is 1650. The van der Waals surface area contributed by atoms with Gasteiger partial charge in [-0.1, -0.05) is 11.6 Å². The number of aromatic carboxylic acids is 1. The summed E-state index contributed by atoms with van der Waals surface area (Å²) < 4.78 is 45.3. The monoisotopic (exact) mass is 570 g/mol. The summed E-state index contributed by atoms with van der Waals surface area (Å²) in [6, 6.07) is 11.5. The van der Waals surface area contributed by atoms with Crippen molar-refractivity contribution in [2.24, 2.45) is 0 Å². The van der Waals surface area contributed by atoms with Gasteiger partial charge >= 0.3 is 5.97 Å². The van der Waals surface area contributed by atoms with Crippen LogP contribution in [0.1, 0.15) is 50.6 Å². The zero-order chi connectivity index (χ0) is 28.0. The highest BCUT2D eigenvalue weighted by molar-refractivity contribution is 7.80. The van der Waals surface area contributed by atoms with Crippen LogP contribution in [0.15, 0.2) is 52.9 Å². The number of anilines is 2. The van der Waals surface area contributed by atoms with Gasteiger partial charge in [0.2, 0.25) is 0 Å². The number of nitrogens with one attached hydrogen (secondary N) is 1. The lowest BCUT2D eigenvalue weighted by molar-refractivity contribution is 0.0697. The van der Waals surface area contributed by atoms with Crippen molar-refractivity contribution >= 4 is 57.1 Å². The van der Waals surface area contributed by atoms with Crippen LogP contribution in [0.3, 0.4) is 0 Å². The molecular formula is C27H22ClFN3O6S-. The van der Waals surface area contributed by atoms with Crippen molar-refractivity contribution in [2.75, 3.05) is 17.1 Å². The van der Waals surface area contributed by atoms with Crippen LogP contribution in [0.2, 0.25) is 5.02 Å². The Morgan fingerprint density at radius 3 is 2.51 bits per heavy atom. The van der Waals surface area contributed by atoms with E-state index in [2.05, 4.69) is 5.32 Å². The van der Waals surface area contributed by atoms with Gasteiger partial charge in [0.05, 0.1) is 34.1 Å². The molecule has 9 nitrogen and oxygen atoms in total. The van der Waals surface area contributed by atoms with E-state index in [1.807, 2.05) is 6.07 Å². The Kier molecular flexibility index (Phi) is 7.06. The maximum absolute atomic E-state index is 13.6. The fourth-order valence-electron chi connectivity index (χ4n) is 4.58. The maximum atomic E-state index is 13.6. The standard InChI is InChI=1S/C27H23ClFN3O6S/c1-31-26(33)23-19-11-18(13-2-3-13)15(8-22(19)38-25(23)14-4-6-16(29)7-5-14)12-32(39(36)37)17-9-20(27(34)35)24(30)21(28)10-17/h4-11,13H,2-3,12,30H2,1H3,(H,31,33)(H,34,35)(H,36,37)/p-1. The largest absolute Gasteiger partial charge is 0.755 e. The number of rotatable bonds is 8. The number of halogens is 2. The summed E-state index contributed by atoms with van der Waals surface area (Å²) in [5, 5.41) is 12.6. The zero-order valence-electron chi connectivity index (χ0n) is 20.5. The van der Waals surface area contributed by atoms with Gasteiger partial charge in [-0.2, -0.15) is 0 Å². The Hall–Kier alpha value is -3.93. The molecule has 4 aromatic rings. The van der Waals surface area contributed by atoms with Crippen molar-refractivity contribution in [3.8, 4) is 11.3 Å². The van der Waals surface area contributed by atoms with Gasteiger partial charge in [0.1, 0.15) is 17.2 Å². The molecule has 1 aromatic heterocycles. The van der Waals surface area contributed by atoms with Crippen molar-refractivity contribution in [3.63, 3.8) is 0 Å². The quantitative estimate of drug-likeness (QED) is 0.194. The molecule has 3 aromatic carbocycles. The van der Waals surface area contributed by atoms with Gasteiger partial charge in [-0.3, -0.25) is 13.3 Å². The number of carbonyl (C=O) groups excluding carboxylic acids is 1. The lowest BCUT2D eigenvalue weighted by atomic mass is 9.97. The summed E-state index contributed by atoms with van der Waals surface area (Å²) in [5.74, 6) is -1.77. The van der Waals surface area contributed by atoms with Gasteiger partial charge < -0.3 is 25.1 Å². The molecule has 39 heavy (non-hydrogen) atoms. The third-order valence-electron chi connectivity index (χ3n) is 6.65. The van der Waals surface area contributed by atoms with E-state index in [0.29, 0.717) is 22.1 Å². The van der Waals surface area contributed by atoms with Gasteiger partial charge in [-0.25, -0.2) is 9.18 Å². The first-order chi connectivity index (χ1) is 18.6. The average Bonchev–Trinajstić information content (AvgIpc) is 3.68. The van der Waals surface area contributed by atoms with Gasteiger partial charge in [-0.05, 0) is 78.4 Å². The summed E-state index contributed by atoms with van der Waals surface area (Å²) in [5.41, 5.74) is 7.89. The number of carboxylic acid groups (broad SMARTS) is 1. The van der Waals surface area contributed by atoms with Crippen LogP contribution in [0.25, 0.3) is 22.3 Å². The average molecular weight is 571 g/mol. The maximum Gasteiger partial charge on any atom is 0.337 e. The summed E-state index contributed by atoms with van der Waals surface area (Å²) in [6.07, 6.45) is 1.77. The molecule has 1 aliphatic carbocycles. The van der Waals surface area contributed by atoms with Crippen molar-refractivity contribution in [2.45, 2.75) is 25.3 Å². The van der Waals surface area contributed by atoms with Gasteiger partial charge in [0.15, 0.2) is 0 Å². The van der Waals surface area contributed by atoms with E-state index in [1.165, 1.54) is 37.4 Å². The minimum Gasteiger partial charge on any atom is -0.755 e. The molecule has 1 heterocycles. The summed E-state index contributed by atoms with van der Waals surface area (Å²) in [4.78, 5) is 24.6. The lowest BCUT2D eigenvalue weighted by Crippen LogP contribution is -2.26. The molecule has 0 radical (unpaired) electrons.